The Labute approximate surface area is 120 Å². The van der Waals surface area contributed by atoms with E-state index in [-0.39, 0.29) is 0 Å². The van der Waals surface area contributed by atoms with E-state index in [1.54, 1.807) is 11.8 Å². The summed E-state index contributed by atoms with van der Waals surface area (Å²) >= 11 is 1.78. The van der Waals surface area contributed by atoms with Crippen LogP contribution in [0.1, 0.15) is 29.7 Å². The van der Waals surface area contributed by atoms with Gasteiger partial charge in [-0.3, -0.25) is 0 Å². The molecule has 0 saturated heterocycles. The monoisotopic (exact) mass is 271 g/mol. The Morgan fingerprint density at radius 3 is 2.32 bits per heavy atom. The van der Waals surface area contributed by atoms with Crippen LogP contribution in [0.4, 0.5) is 5.69 Å². The zero-order chi connectivity index (χ0) is 13.8. The van der Waals surface area contributed by atoms with Gasteiger partial charge in [-0.25, -0.2) is 0 Å². The molecule has 0 radical (unpaired) electrons. The Kier molecular flexibility index (Phi) is 4.54. The number of thioether (sulfide) groups is 1. The Hall–Kier alpha value is -1.41. The van der Waals surface area contributed by atoms with Crippen molar-refractivity contribution in [3.05, 3.63) is 59.2 Å². The van der Waals surface area contributed by atoms with Crippen LogP contribution in [0.5, 0.6) is 0 Å². The molecule has 1 nitrogen and oxygen atoms in total. The van der Waals surface area contributed by atoms with Crippen LogP contribution in [0.2, 0.25) is 0 Å². The minimum atomic E-state index is 0.316. The smallest absolute Gasteiger partial charge is 0.0485 e. The molecule has 2 aromatic rings. The predicted octanol–water partition coefficient (Wildman–Crippen LogP) is 5.20. The number of hydrogen-bond acceptors (Lipinski definition) is 2. The summed E-state index contributed by atoms with van der Waals surface area (Å²) < 4.78 is 0. The molecule has 0 spiro atoms. The number of hydrogen-bond donors (Lipinski definition) is 1. The third-order valence-electron chi connectivity index (χ3n) is 3.59. The van der Waals surface area contributed by atoms with Crippen molar-refractivity contribution in [3.63, 3.8) is 0 Å². The largest absolute Gasteiger partial charge is 0.378 e. The second kappa shape index (κ2) is 6.16. The fourth-order valence-corrected chi connectivity index (χ4v) is 2.52. The van der Waals surface area contributed by atoms with E-state index in [1.165, 1.54) is 27.3 Å². The second-order valence-corrected chi connectivity index (χ2v) is 5.77. The number of aryl methyl sites for hydroxylation is 1. The van der Waals surface area contributed by atoms with Crippen molar-refractivity contribution in [3.8, 4) is 0 Å². The van der Waals surface area contributed by atoms with Gasteiger partial charge in [0.05, 0.1) is 0 Å². The highest BCUT2D eigenvalue weighted by Crippen LogP contribution is 2.25. The van der Waals surface area contributed by atoms with E-state index < -0.39 is 0 Å². The first-order chi connectivity index (χ1) is 9.11. The van der Waals surface area contributed by atoms with Crippen LogP contribution in [-0.2, 0) is 0 Å². The third-order valence-corrected chi connectivity index (χ3v) is 4.34. The zero-order valence-electron chi connectivity index (χ0n) is 12.0. The standard InChI is InChI=1S/C17H21NS/c1-12-6-5-7-17(13(12)2)18-14(3)15-8-10-16(19-4)11-9-15/h5-11,14,18H,1-4H3. The molecule has 1 atom stereocenters. The summed E-state index contributed by atoms with van der Waals surface area (Å²) in [7, 11) is 0. The van der Waals surface area contributed by atoms with Crippen LogP contribution >= 0.6 is 11.8 Å². The van der Waals surface area contributed by atoms with E-state index in [2.05, 4.69) is 74.8 Å². The third kappa shape index (κ3) is 3.32. The molecule has 0 amide bonds. The van der Waals surface area contributed by atoms with Gasteiger partial charge in [0.15, 0.2) is 0 Å². The Balaban J connectivity index is 2.15. The summed E-state index contributed by atoms with van der Waals surface area (Å²) in [6.07, 6.45) is 2.10. The number of anilines is 1. The maximum atomic E-state index is 3.60. The number of nitrogens with one attached hydrogen (secondary N) is 1. The molecule has 19 heavy (non-hydrogen) atoms. The minimum absolute atomic E-state index is 0.316. The Morgan fingerprint density at radius 2 is 1.68 bits per heavy atom. The maximum Gasteiger partial charge on any atom is 0.0485 e. The Bertz CT molecular complexity index is 546. The lowest BCUT2D eigenvalue weighted by Crippen LogP contribution is -2.08. The van der Waals surface area contributed by atoms with Gasteiger partial charge >= 0.3 is 0 Å². The Morgan fingerprint density at radius 1 is 1.00 bits per heavy atom. The maximum absolute atomic E-state index is 3.60. The molecular weight excluding hydrogens is 250 g/mol. The molecule has 0 heterocycles. The van der Waals surface area contributed by atoms with Gasteiger partial charge < -0.3 is 5.32 Å². The molecule has 0 saturated carbocycles. The quantitative estimate of drug-likeness (QED) is 0.767. The zero-order valence-corrected chi connectivity index (χ0v) is 12.8. The van der Waals surface area contributed by atoms with Gasteiger partial charge in [0.2, 0.25) is 0 Å². The van der Waals surface area contributed by atoms with E-state index >= 15 is 0 Å². The molecule has 0 aliphatic heterocycles. The van der Waals surface area contributed by atoms with Crippen LogP contribution in [0.25, 0.3) is 0 Å². The van der Waals surface area contributed by atoms with Gasteiger partial charge in [0, 0.05) is 16.6 Å². The molecular formula is C17H21NS. The van der Waals surface area contributed by atoms with Crippen molar-refractivity contribution in [1.29, 1.82) is 0 Å². The van der Waals surface area contributed by atoms with Gasteiger partial charge in [-0.15, -0.1) is 11.8 Å². The van der Waals surface area contributed by atoms with E-state index in [0.29, 0.717) is 6.04 Å². The normalized spacial score (nSPS) is 12.2. The van der Waals surface area contributed by atoms with Crippen LogP contribution < -0.4 is 5.32 Å². The highest BCUT2D eigenvalue weighted by molar-refractivity contribution is 7.98. The summed E-state index contributed by atoms with van der Waals surface area (Å²) in [4.78, 5) is 1.31. The fourth-order valence-electron chi connectivity index (χ4n) is 2.12. The minimum Gasteiger partial charge on any atom is -0.378 e. The predicted molar refractivity (Wildman–Crippen MR) is 86.2 cm³/mol. The molecule has 1 N–H and O–H groups in total. The molecule has 100 valence electrons. The molecule has 2 heteroatoms. The molecule has 1 unspecified atom stereocenters. The summed E-state index contributed by atoms with van der Waals surface area (Å²) in [5.41, 5.74) is 5.20. The van der Waals surface area contributed by atoms with Crippen LogP contribution in [0.15, 0.2) is 47.4 Å². The van der Waals surface area contributed by atoms with Crippen molar-refractivity contribution in [2.75, 3.05) is 11.6 Å². The first-order valence-electron chi connectivity index (χ1n) is 6.58. The molecule has 2 aromatic carbocycles. The van der Waals surface area contributed by atoms with E-state index in [9.17, 15) is 0 Å². The molecule has 2 rings (SSSR count). The molecule has 0 aliphatic rings. The highest BCUT2D eigenvalue weighted by Gasteiger charge is 2.07. The highest BCUT2D eigenvalue weighted by atomic mass is 32.2. The first kappa shape index (κ1) is 14.0. The van der Waals surface area contributed by atoms with Crippen LogP contribution in [0, 0.1) is 13.8 Å². The number of rotatable bonds is 4. The summed E-state index contributed by atoms with van der Waals surface area (Å²) in [6, 6.07) is 15.5. The summed E-state index contributed by atoms with van der Waals surface area (Å²) in [5.74, 6) is 0. The van der Waals surface area contributed by atoms with Crippen LogP contribution in [0.3, 0.4) is 0 Å². The lowest BCUT2D eigenvalue weighted by Gasteiger charge is -2.18. The fraction of sp³-hybridized carbons (Fsp3) is 0.294. The van der Waals surface area contributed by atoms with Crippen molar-refractivity contribution < 1.29 is 0 Å². The lowest BCUT2D eigenvalue weighted by molar-refractivity contribution is 0.880. The van der Waals surface area contributed by atoms with Gasteiger partial charge in [-0.1, -0.05) is 24.3 Å². The van der Waals surface area contributed by atoms with Gasteiger partial charge in [-0.05, 0) is 61.9 Å². The van der Waals surface area contributed by atoms with Crippen molar-refractivity contribution in [2.24, 2.45) is 0 Å². The summed E-state index contributed by atoms with van der Waals surface area (Å²) in [5, 5.41) is 3.60. The van der Waals surface area contributed by atoms with Crippen molar-refractivity contribution in [2.45, 2.75) is 31.7 Å². The molecule has 0 bridgehead atoms. The molecule has 0 aromatic heterocycles. The van der Waals surface area contributed by atoms with Gasteiger partial charge in [-0.2, -0.15) is 0 Å². The van der Waals surface area contributed by atoms with Gasteiger partial charge in [0.1, 0.15) is 0 Å². The average molecular weight is 271 g/mol. The number of benzene rings is 2. The first-order valence-corrected chi connectivity index (χ1v) is 7.81. The lowest BCUT2D eigenvalue weighted by atomic mass is 10.1. The molecule has 0 fully saturated rings. The topological polar surface area (TPSA) is 12.0 Å². The van der Waals surface area contributed by atoms with Crippen molar-refractivity contribution >= 4 is 17.4 Å². The SMILES string of the molecule is CSc1ccc(C(C)Nc2cccc(C)c2C)cc1. The van der Waals surface area contributed by atoms with E-state index in [4.69, 9.17) is 0 Å². The summed E-state index contributed by atoms with van der Waals surface area (Å²) in [6.45, 7) is 6.52. The molecule has 0 aliphatic carbocycles. The van der Waals surface area contributed by atoms with E-state index in [0.717, 1.165) is 0 Å². The van der Waals surface area contributed by atoms with Crippen LogP contribution in [-0.4, -0.2) is 6.26 Å². The van der Waals surface area contributed by atoms with Crippen molar-refractivity contribution in [1.82, 2.24) is 0 Å². The second-order valence-electron chi connectivity index (χ2n) is 4.89. The van der Waals surface area contributed by atoms with Gasteiger partial charge in [0.25, 0.3) is 0 Å². The average Bonchev–Trinajstić information content (AvgIpc) is 2.44. The van der Waals surface area contributed by atoms with E-state index in [1.807, 2.05) is 0 Å².